The summed E-state index contributed by atoms with van der Waals surface area (Å²) in [7, 11) is 1.83. The number of halogens is 1. The van der Waals surface area contributed by atoms with Crippen LogP contribution in [0.1, 0.15) is 30.3 Å². The third-order valence-electron chi connectivity index (χ3n) is 3.18. The van der Waals surface area contributed by atoms with Crippen molar-refractivity contribution >= 4 is 17.5 Å². The molecule has 2 rings (SSSR count). The van der Waals surface area contributed by atoms with Crippen LogP contribution < -0.4 is 0 Å². The zero-order valence-electron chi connectivity index (χ0n) is 9.48. The Hall–Kier alpha value is -1.09. The van der Waals surface area contributed by atoms with E-state index in [1.165, 1.54) is 12.8 Å². The predicted octanol–water partition coefficient (Wildman–Crippen LogP) is 2.61. The van der Waals surface area contributed by atoms with E-state index in [1.807, 2.05) is 7.05 Å². The van der Waals surface area contributed by atoms with Crippen LogP contribution in [0.4, 0.5) is 0 Å². The number of amides is 1. The summed E-state index contributed by atoms with van der Waals surface area (Å²) in [5.41, 5.74) is 0.419. The summed E-state index contributed by atoms with van der Waals surface area (Å²) in [6.07, 6.45) is 4.01. The van der Waals surface area contributed by atoms with Crippen LogP contribution in [-0.4, -0.2) is 28.9 Å². The molecule has 1 saturated carbocycles. The van der Waals surface area contributed by atoms with Crippen LogP contribution in [0.5, 0.6) is 0 Å². The van der Waals surface area contributed by atoms with Gasteiger partial charge in [0, 0.05) is 24.3 Å². The molecule has 0 saturated heterocycles. The molecule has 1 amide bonds. The maximum atomic E-state index is 12.1. The first-order valence-electron chi connectivity index (χ1n) is 5.48. The molecule has 1 aliphatic rings. The van der Waals surface area contributed by atoms with Gasteiger partial charge in [0.2, 0.25) is 0 Å². The zero-order chi connectivity index (χ0) is 11.7. The summed E-state index contributed by atoms with van der Waals surface area (Å²) in [6.45, 7) is 2.08. The highest BCUT2D eigenvalue weighted by Gasteiger charge is 2.32. The van der Waals surface area contributed by atoms with Crippen LogP contribution in [0.2, 0.25) is 5.02 Å². The number of aromatic nitrogens is 1. The fourth-order valence-corrected chi connectivity index (χ4v) is 1.94. The third kappa shape index (κ3) is 2.35. The van der Waals surface area contributed by atoms with Gasteiger partial charge in [0.1, 0.15) is 5.69 Å². The van der Waals surface area contributed by atoms with Gasteiger partial charge in [-0.3, -0.25) is 9.78 Å². The lowest BCUT2D eigenvalue weighted by Crippen LogP contribution is -2.36. The minimum absolute atomic E-state index is 0.0538. The summed E-state index contributed by atoms with van der Waals surface area (Å²) >= 11 is 5.84. The predicted molar refractivity (Wildman–Crippen MR) is 63.5 cm³/mol. The Morgan fingerprint density at radius 2 is 2.31 bits per heavy atom. The molecule has 4 heteroatoms. The van der Waals surface area contributed by atoms with Gasteiger partial charge in [-0.1, -0.05) is 11.6 Å². The minimum atomic E-state index is -0.0538. The smallest absolute Gasteiger partial charge is 0.272 e. The van der Waals surface area contributed by atoms with Crippen molar-refractivity contribution in [1.29, 1.82) is 0 Å². The molecule has 86 valence electrons. The van der Waals surface area contributed by atoms with Crippen molar-refractivity contribution in [2.24, 2.45) is 5.92 Å². The highest BCUT2D eigenvalue weighted by molar-refractivity contribution is 6.30. The standard InChI is InChI=1S/C12H15ClN2O/c1-8(9-3-4-9)15(2)12(16)11-7-10(13)5-6-14-11/h5-9H,3-4H2,1-2H3. The zero-order valence-corrected chi connectivity index (χ0v) is 10.2. The molecule has 1 atom stereocenters. The molecule has 1 heterocycles. The van der Waals surface area contributed by atoms with Gasteiger partial charge < -0.3 is 4.90 Å². The fourth-order valence-electron chi connectivity index (χ4n) is 1.78. The number of nitrogens with zero attached hydrogens (tertiary/aromatic N) is 2. The summed E-state index contributed by atoms with van der Waals surface area (Å²) in [5, 5.41) is 0.547. The van der Waals surface area contributed by atoms with Gasteiger partial charge in [0.15, 0.2) is 0 Å². The Bertz CT molecular complexity index is 404. The van der Waals surface area contributed by atoms with Crippen LogP contribution >= 0.6 is 11.6 Å². The third-order valence-corrected chi connectivity index (χ3v) is 3.41. The number of pyridine rings is 1. The first-order valence-corrected chi connectivity index (χ1v) is 5.86. The summed E-state index contributed by atoms with van der Waals surface area (Å²) in [6, 6.07) is 3.57. The Morgan fingerprint density at radius 3 is 2.88 bits per heavy atom. The summed E-state index contributed by atoms with van der Waals surface area (Å²) < 4.78 is 0. The number of rotatable bonds is 3. The first-order chi connectivity index (χ1) is 7.59. The highest BCUT2D eigenvalue weighted by Crippen LogP contribution is 2.35. The number of carbonyl (C=O) groups is 1. The molecule has 1 aliphatic carbocycles. The number of carbonyl (C=O) groups excluding carboxylic acids is 1. The molecule has 1 unspecified atom stereocenters. The highest BCUT2D eigenvalue weighted by atomic mass is 35.5. The molecule has 0 N–H and O–H groups in total. The second-order valence-electron chi connectivity index (χ2n) is 4.35. The molecule has 0 spiro atoms. The molecule has 0 aliphatic heterocycles. The molecule has 1 fully saturated rings. The van der Waals surface area contributed by atoms with Crippen molar-refractivity contribution in [1.82, 2.24) is 9.88 Å². The maximum absolute atomic E-state index is 12.1. The topological polar surface area (TPSA) is 33.2 Å². The molecule has 1 aromatic rings. The van der Waals surface area contributed by atoms with Crippen LogP contribution in [-0.2, 0) is 0 Å². The summed E-state index contributed by atoms with van der Waals surface area (Å²) in [5.74, 6) is 0.607. The fraction of sp³-hybridized carbons (Fsp3) is 0.500. The van der Waals surface area contributed by atoms with Crippen molar-refractivity contribution in [2.75, 3.05) is 7.05 Å². The number of hydrogen-bond donors (Lipinski definition) is 0. The lowest BCUT2D eigenvalue weighted by Gasteiger charge is -2.24. The second-order valence-corrected chi connectivity index (χ2v) is 4.79. The van der Waals surface area contributed by atoms with Crippen molar-refractivity contribution in [3.63, 3.8) is 0 Å². The molecule has 3 nitrogen and oxygen atoms in total. The molecular formula is C12H15ClN2O. The van der Waals surface area contributed by atoms with Gasteiger partial charge in [-0.05, 0) is 37.8 Å². The van der Waals surface area contributed by atoms with E-state index in [2.05, 4.69) is 11.9 Å². The largest absolute Gasteiger partial charge is 0.337 e. The van der Waals surface area contributed by atoms with E-state index in [0.29, 0.717) is 16.6 Å². The van der Waals surface area contributed by atoms with E-state index in [4.69, 9.17) is 11.6 Å². The Morgan fingerprint density at radius 1 is 1.62 bits per heavy atom. The monoisotopic (exact) mass is 238 g/mol. The van der Waals surface area contributed by atoms with E-state index in [0.717, 1.165) is 0 Å². The van der Waals surface area contributed by atoms with E-state index in [1.54, 1.807) is 23.2 Å². The van der Waals surface area contributed by atoms with Crippen molar-refractivity contribution < 1.29 is 4.79 Å². The minimum Gasteiger partial charge on any atom is -0.337 e. The molecule has 0 radical (unpaired) electrons. The Kier molecular flexibility index (Phi) is 3.15. The van der Waals surface area contributed by atoms with Crippen molar-refractivity contribution in [3.05, 3.63) is 29.0 Å². The lowest BCUT2D eigenvalue weighted by atomic mass is 10.2. The lowest BCUT2D eigenvalue weighted by molar-refractivity contribution is 0.0721. The molecular weight excluding hydrogens is 224 g/mol. The van der Waals surface area contributed by atoms with Gasteiger partial charge >= 0.3 is 0 Å². The second kappa shape index (κ2) is 4.42. The molecule has 0 bridgehead atoms. The Balaban J connectivity index is 2.11. The Labute approximate surface area is 100 Å². The first kappa shape index (κ1) is 11.4. The maximum Gasteiger partial charge on any atom is 0.272 e. The van der Waals surface area contributed by atoms with Gasteiger partial charge in [0.05, 0.1) is 0 Å². The van der Waals surface area contributed by atoms with E-state index >= 15 is 0 Å². The van der Waals surface area contributed by atoms with Crippen LogP contribution in [0.15, 0.2) is 18.3 Å². The summed E-state index contributed by atoms with van der Waals surface area (Å²) in [4.78, 5) is 17.9. The van der Waals surface area contributed by atoms with Gasteiger partial charge in [-0.15, -0.1) is 0 Å². The van der Waals surface area contributed by atoms with Gasteiger partial charge in [-0.25, -0.2) is 0 Å². The average Bonchev–Trinajstić information content (AvgIpc) is 3.10. The van der Waals surface area contributed by atoms with Crippen molar-refractivity contribution in [2.45, 2.75) is 25.8 Å². The van der Waals surface area contributed by atoms with E-state index in [9.17, 15) is 4.79 Å². The SMILES string of the molecule is CC(C1CC1)N(C)C(=O)c1cc(Cl)ccn1. The molecule has 16 heavy (non-hydrogen) atoms. The van der Waals surface area contributed by atoms with Crippen LogP contribution in [0.25, 0.3) is 0 Å². The van der Waals surface area contributed by atoms with Gasteiger partial charge in [-0.2, -0.15) is 0 Å². The average molecular weight is 239 g/mol. The molecule has 1 aromatic heterocycles. The van der Waals surface area contributed by atoms with Crippen molar-refractivity contribution in [3.8, 4) is 0 Å². The van der Waals surface area contributed by atoms with Crippen LogP contribution in [0, 0.1) is 5.92 Å². The van der Waals surface area contributed by atoms with E-state index in [-0.39, 0.29) is 11.9 Å². The quantitative estimate of drug-likeness (QED) is 0.811. The van der Waals surface area contributed by atoms with Gasteiger partial charge in [0.25, 0.3) is 5.91 Å². The number of hydrogen-bond acceptors (Lipinski definition) is 2. The van der Waals surface area contributed by atoms with Crippen LogP contribution in [0.3, 0.4) is 0 Å². The van der Waals surface area contributed by atoms with E-state index < -0.39 is 0 Å². The normalized spacial score (nSPS) is 16.9. The molecule has 0 aromatic carbocycles.